The first-order valence-electron chi connectivity index (χ1n) is 6.88. The average molecular weight is 280 g/mol. The molecule has 0 bridgehead atoms. The fourth-order valence-electron chi connectivity index (χ4n) is 1.73. The Hall–Kier alpha value is -1.75. The minimum absolute atomic E-state index is 0.280. The topological polar surface area (TPSA) is 73.6 Å². The van der Waals surface area contributed by atoms with Crippen molar-refractivity contribution in [3.63, 3.8) is 0 Å². The molecule has 1 rings (SSSR count). The minimum atomic E-state index is -0.420. The molecule has 3 N–H and O–H groups in total. The summed E-state index contributed by atoms with van der Waals surface area (Å²) >= 11 is 0. The standard InChI is InChI=1S/C15H24N2O3/c1-11(2)20-9-5-4-8-17-12-6-7-14(16)13(10-12)15(18)19-3/h6-7,10-11,17H,4-5,8-9,16H2,1-3H3. The molecule has 0 atom stereocenters. The second-order valence-corrected chi connectivity index (χ2v) is 4.85. The Labute approximate surface area is 120 Å². The number of hydrogen-bond donors (Lipinski definition) is 2. The number of rotatable bonds is 8. The van der Waals surface area contributed by atoms with Crippen molar-refractivity contribution in [1.82, 2.24) is 0 Å². The molecule has 5 heteroatoms. The maximum Gasteiger partial charge on any atom is 0.340 e. The van der Waals surface area contributed by atoms with E-state index in [0.717, 1.165) is 31.7 Å². The molecule has 0 heterocycles. The van der Waals surface area contributed by atoms with E-state index in [1.165, 1.54) is 7.11 Å². The van der Waals surface area contributed by atoms with Crippen LogP contribution in [0.4, 0.5) is 11.4 Å². The van der Waals surface area contributed by atoms with Crippen LogP contribution in [0.2, 0.25) is 0 Å². The van der Waals surface area contributed by atoms with Gasteiger partial charge in [-0.2, -0.15) is 0 Å². The zero-order valence-electron chi connectivity index (χ0n) is 12.4. The van der Waals surface area contributed by atoms with Crippen molar-refractivity contribution in [1.29, 1.82) is 0 Å². The number of nitrogens with two attached hydrogens (primary N) is 1. The lowest BCUT2D eigenvalue weighted by Crippen LogP contribution is -2.09. The van der Waals surface area contributed by atoms with Crippen LogP contribution in [0.1, 0.15) is 37.0 Å². The van der Waals surface area contributed by atoms with Gasteiger partial charge in [0.2, 0.25) is 0 Å². The van der Waals surface area contributed by atoms with Gasteiger partial charge in [-0.15, -0.1) is 0 Å². The summed E-state index contributed by atoms with van der Waals surface area (Å²) < 4.78 is 10.2. The molecule has 0 spiro atoms. The van der Waals surface area contributed by atoms with Crippen molar-refractivity contribution in [3.05, 3.63) is 23.8 Å². The van der Waals surface area contributed by atoms with Crippen LogP contribution in [0.15, 0.2) is 18.2 Å². The SMILES string of the molecule is COC(=O)c1cc(NCCCCOC(C)C)ccc1N. The van der Waals surface area contributed by atoms with E-state index < -0.39 is 5.97 Å². The molecule has 5 nitrogen and oxygen atoms in total. The van der Waals surface area contributed by atoms with Crippen molar-refractivity contribution in [2.75, 3.05) is 31.3 Å². The number of esters is 1. The van der Waals surface area contributed by atoms with Crippen LogP contribution < -0.4 is 11.1 Å². The lowest BCUT2D eigenvalue weighted by Gasteiger charge is -2.10. The second kappa shape index (κ2) is 8.43. The van der Waals surface area contributed by atoms with Crippen molar-refractivity contribution < 1.29 is 14.3 Å². The third kappa shape index (κ3) is 5.48. The Morgan fingerprint density at radius 3 is 2.75 bits per heavy atom. The number of ether oxygens (including phenoxy) is 2. The third-order valence-corrected chi connectivity index (χ3v) is 2.81. The fourth-order valence-corrected chi connectivity index (χ4v) is 1.73. The lowest BCUT2D eigenvalue weighted by atomic mass is 10.1. The number of nitrogen functional groups attached to an aromatic ring is 1. The number of unbranched alkanes of at least 4 members (excludes halogenated alkanes) is 1. The minimum Gasteiger partial charge on any atom is -0.465 e. The molecule has 0 aliphatic carbocycles. The van der Waals surface area contributed by atoms with Crippen LogP contribution in [-0.4, -0.2) is 32.3 Å². The molecule has 0 saturated heterocycles. The number of hydrogen-bond acceptors (Lipinski definition) is 5. The van der Waals surface area contributed by atoms with E-state index in [1.807, 2.05) is 19.9 Å². The number of nitrogens with one attached hydrogen (secondary N) is 1. The molecule has 0 radical (unpaired) electrons. The highest BCUT2D eigenvalue weighted by molar-refractivity contribution is 5.96. The molecule has 0 aliphatic rings. The zero-order chi connectivity index (χ0) is 15.0. The van der Waals surface area contributed by atoms with Gasteiger partial charge >= 0.3 is 5.97 Å². The smallest absolute Gasteiger partial charge is 0.340 e. The first-order chi connectivity index (χ1) is 9.54. The van der Waals surface area contributed by atoms with E-state index in [2.05, 4.69) is 10.1 Å². The van der Waals surface area contributed by atoms with Gasteiger partial charge in [-0.05, 0) is 44.9 Å². The third-order valence-electron chi connectivity index (χ3n) is 2.81. The van der Waals surface area contributed by atoms with E-state index in [-0.39, 0.29) is 6.10 Å². The molecule has 0 unspecified atom stereocenters. The summed E-state index contributed by atoms with van der Waals surface area (Å²) in [7, 11) is 1.34. The lowest BCUT2D eigenvalue weighted by molar-refractivity contribution is 0.0602. The first-order valence-corrected chi connectivity index (χ1v) is 6.88. The summed E-state index contributed by atoms with van der Waals surface area (Å²) in [6, 6.07) is 5.27. The van der Waals surface area contributed by atoms with Crippen LogP contribution in [0.5, 0.6) is 0 Å². The summed E-state index contributed by atoms with van der Waals surface area (Å²) in [5.41, 5.74) is 7.42. The molecule has 0 saturated carbocycles. The number of benzene rings is 1. The highest BCUT2D eigenvalue weighted by Gasteiger charge is 2.10. The Morgan fingerprint density at radius 2 is 2.10 bits per heavy atom. The van der Waals surface area contributed by atoms with Crippen LogP contribution in [0.25, 0.3) is 0 Å². The molecule has 0 fully saturated rings. The largest absolute Gasteiger partial charge is 0.465 e. The number of carbonyl (C=O) groups is 1. The van der Waals surface area contributed by atoms with Crippen LogP contribution in [0.3, 0.4) is 0 Å². The summed E-state index contributed by atoms with van der Waals surface area (Å²) in [6.45, 7) is 5.66. The normalized spacial score (nSPS) is 10.6. The van der Waals surface area contributed by atoms with E-state index in [1.54, 1.807) is 12.1 Å². The molecule has 0 amide bonds. The van der Waals surface area contributed by atoms with E-state index >= 15 is 0 Å². The summed E-state index contributed by atoms with van der Waals surface area (Å²) in [5, 5.41) is 3.26. The monoisotopic (exact) mass is 280 g/mol. The van der Waals surface area contributed by atoms with Gasteiger partial charge in [-0.3, -0.25) is 0 Å². The molecule has 20 heavy (non-hydrogen) atoms. The van der Waals surface area contributed by atoms with Gasteiger partial charge in [-0.25, -0.2) is 4.79 Å². The predicted octanol–water partition coefficient (Wildman–Crippen LogP) is 2.67. The maximum absolute atomic E-state index is 11.5. The Kier molecular flexibility index (Phi) is 6.87. The van der Waals surface area contributed by atoms with Crippen molar-refractivity contribution in [2.24, 2.45) is 0 Å². The van der Waals surface area contributed by atoms with Gasteiger partial charge < -0.3 is 20.5 Å². The Balaban J connectivity index is 2.39. The molecule has 0 aromatic heterocycles. The van der Waals surface area contributed by atoms with Gasteiger partial charge in [0.15, 0.2) is 0 Å². The van der Waals surface area contributed by atoms with E-state index in [9.17, 15) is 4.79 Å². The first kappa shape index (κ1) is 16.3. The highest BCUT2D eigenvalue weighted by Crippen LogP contribution is 2.18. The maximum atomic E-state index is 11.5. The molecule has 1 aromatic rings. The van der Waals surface area contributed by atoms with Crippen molar-refractivity contribution >= 4 is 17.3 Å². The number of methoxy groups -OCH3 is 1. The van der Waals surface area contributed by atoms with Gasteiger partial charge in [0.1, 0.15) is 0 Å². The second-order valence-electron chi connectivity index (χ2n) is 4.85. The van der Waals surface area contributed by atoms with Crippen LogP contribution in [0, 0.1) is 0 Å². The zero-order valence-corrected chi connectivity index (χ0v) is 12.4. The molecule has 112 valence electrons. The quantitative estimate of drug-likeness (QED) is 0.435. The molecule has 0 aliphatic heterocycles. The molecular formula is C15H24N2O3. The predicted molar refractivity (Wildman–Crippen MR) is 81.0 cm³/mol. The fraction of sp³-hybridized carbons (Fsp3) is 0.533. The summed E-state index contributed by atoms with van der Waals surface area (Å²) in [4.78, 5) is 11.5. The van der Waals surface area contributed by atoms with Crippen molar-refractivity contribution in [3.8, 4) is 0 Å². The van der Waals surface area contributed by atoms with Gasteiger partial charge in [0.05, 0.1) is 18.8 Å². The highest BCUT2D eigenvalue weighted by atomic mass is 16.5. The molecular weight excluding hydrogens is 256 g/mol. The van der Waals surface area contributed by atoms with Crippen LogP contribution in [-0.2, 0) is 9.47 Å². The summed E-state index contributed by atoms with van der Waals surface area (Å²) in [5.74, 6) is -0.420. The van der Waals surface area contributed by atoms with E-state index in [4.69, 9.17) is 10.5 Å². The van der Waals surface area contributed by atoms with Gasteiger partial charge in [0, 0.05) is 24.5 Å². The Morgan fingerprint density at radius 1 is 1.35 bits per heavy atom. The summed E-state index contributed by atoms with van der Waals surface area (Å²) in [6.07, 6.45) is 2.29. The molecule has 1 aromatic carbocycles. The Bertz CT molecular complexity index is 433. The number of anilines is 2. The van der Waals surface area contributed by atoms with Gasteiger partial charge in [0.25, 0.3) is 0 Å². The number of carbonyl (C=O) groups excluding carboxylic acids is 1. The van der Waals surface area contributed by atoms with E-state index in [0.29, 0.717) is 11.3 Å². The van der Waals surface area contributed by atoms with Crippen molar-refractivity contribution in [2.45, 2.75) is 32.8 Å². The van der Waals surface area contributed by atoms with Gasteiger partial charge in [-0.1, -0.05) is 0 Å². The van der Waals surface area contributed by atoms with Crippen LogP contribution >= 0.6 is 0 Å². The average Bonchev–Trinajstić information content (AvgIpc) is 2.43.